The molecule has 0 aliphatic heterocycles. The highest BCUT2D eigenvalue weighted by atomic mass is 35.5. The number of anilines is 1. The van der Waals surface area contributed by atoms with Gasteiger partial charge >= 0.3 is 6.09 Å². The van der Waals surface area contributed by atoms with Crippen LogP contribution in [-0.2, 0) is 16.1 Å². The molecule has 2 aromatic rings. The van der Waals surface area contributed by atoms with Crippen molar-refractivity contribution in [2.45, 2.75) is 25.7 Å². The van der Waals surface area contributed by atoms with Gasteiger partial charge in [0.25, 0.3) is 0 Å². The fourth-order valence-corrected chi connectivity index (χ4v) is 3.06. The maximum absolute atomic E-state index is 12.2. The van der Waals surface area contributed by atoms with Gasteiger partial charge in [0.15, 0.2) is 6.79 Å². The Hall–Kier alpha value is -2.02. The molecule has 0 bridgehead atoms. The van der Waals surface area contributed by atoms with Gasteiger partial charge in [0.2, 0.25) is 0 Å². The third kappa shape index (κ3) is 7.25. The van der Waals surface area contributed by atoms with Gasteiger partial charge in [-0.25, -0.2) is 4.79 Å². The summed E-state index contributed by atoms with van der Waals surface area (Å²) in [5.41, 5.74) is 1.47. The zero-order valence-corrected chi connectivity index (χ0v) is 17.7. The molecule has 0 unspecified atom stereocenters. The molecule has 27 heavy (non-hydrogen) atoms. The minimum absolute atomic E-state index is 0.180. The van der Waals surface area contributed by atoms with Crippen molar-refractivity contribution in [3.63, 3.8) is 0 Å². The smallest absolute Gasteiger partial charge is 0.414 e. The van der Waals surface area contributed by atoms with E-state index in [1.54, 1.807) is 25.2 Å². The predicted molar refractivity (Wildman–Crippen MR) is 110 cm³/mol. The second kappa shape index (κ2) is 11.0. The van der Waals surface area contributed by atoms with Gasteiger partial charge in [-0.05, 0) is 23.7 Å². The Kier molecular flexibility index (Phi) is 8.64. The van der Waals surface area contributed by atoms with Crippen LogP contribution in [-0.4, -0.2) is 35.3 Å². The Bertz CT molecular complexity index is 727. The Morgan fingerprint density at radius 3 is 2.56 bits per heavy atom. The third-order valence-electron chi connectivity index (χ3n) is 3.81. The molecule has 7 heteroatoms. The van der Waals surface area contributed by atoms with E-state index in [2.05, 4.69) is 13.1 Å². The van der Waals surface area contributed by atoms with Crippen molar-refractivity contribution in [2.24, 2.45) is 0 Å². The fraction of sp³-hybridized carbons (Fsp3) is 0.350. The standard InChI is InChI=1S/C20H25ClNO4Si/c1-22(20(23)25-14-16-7-5-4-6-8-16)19-10-9-17(13-18(19)21)26-15-24-11-12-27(2)3/h4-10,13H,11-12,14-15H2,1-3H3. The molecule has 5 nitrogen and oxygen atoms in total. The highest BCUT2D eigenvalue weighted by Crippen LogP contribution is 2.29. The van der Waals surface area contributed by atoms with Crippen LogP contribution < -0.4 is 9.64 Å². The summed E-state index contributed by atoms with van der Waals surface area (Å²) >= 11 is 6.30. The summed E-state index contributed by atoms with van der Waals surface area (Å²) in [5.74, 6) is 0.591. The first-order valence-corrected chi connectivity index (χ1v) is 11.8. The first kappa shape index (κ1) is 21.3. The average molecular weight is 407 g/mol. The van der Waals surface area contributed by atoms with Crippen molar-refractivity contribution < 1.29 is 19.0 Å². The van der Waals surface area contributed by atoms with Gasteiger partial charge in [0.1, 0.15) is 12.4 Å². The SMILES string of the molecule is CN(C(=O)OCc1ccccc1)c1ccc(OCOCC[Si](C)C)cc1Cl. The maximum Gasteiger partial charge on any atom is 0.414 e. The molecule has 0 N–H and O–H groups in total. The number of benzene rings is 2. The summed E-state index contributed by atoms with van der Waals surface area (Å²) in [6, 6.07) is 15.7. The van der Waals surface area contributed by atoms with Crippen LogP contribution >= 0.6 is 11.6 Å². The molecular weight excluding hydrogens is 382 g/mol. The number of halogens is 1. The second-order valence-corrected chi connectivity index (χ2v) is 9.66. The highest BCUT2D eigenvalue weighted by molar-refractivity contribution is 6.55. The fourth-order valence-electron chi connectivity index (χ4n) is 2.21. The van der Waals surface area contributed by atoms with E-state index in [1.165, 1.54) is 4.90 Å². The zero-order chi connectivity index (χ0) is 19.6. The van der Waals surface area contributed by atoms with Crippen molar-refractivity contribution in [3.8, 4) is 5.75 Å². The van der Waals surface area contributed by atoms with Crippen molar-refractivity contribution in [2.75, 3.05) is 25.3 Å². The number of ether oxygens (including phenoxy) is 3. The van der Waals surface area contributed by atoms with E-state index in [1.807, 2.05) is 30.3 Å². The van der Waals surface area contributed by atoms with Gasteiger partial charge in [0.05, 0.1) is 10.7 Å². The molecule has 0 aliphatic carbocycles. The Balaban J connectivity index is 1.85. The number of hydrogen-bond donors (Lipinski definition) is 0. The molecule has 2 aromatic carbocycles. The zero-order valence-electron chi connectivity index (χ0n) is 15.9. The van der Waals surface area contributed by atoms with Crippen molar-refractivity contribution in [3.05, 3.63) is 59.1 Å². The average Bonchev–Trinajstić information content (AvgIpc) is 2.66. The lowest BCUT2D eigenvalue weighted by Crippen LogP contribution is -2.27. The molecule has 0 aliphatic rings. The minimum Gasteiger partial charge on any atom is -0.468 e. The molecule has 0 saturated carbocycles. The van der Waals surface area contributed by atoms with Gasteiger partial charge < -0.3 is 14.2 Å². The molecule has 0 spiro atoms. The van der Waals surface area contributed by atoms with Crippen LogP contribution in [0.2, 0.25) is 24.2 Å². The topological polar surface area (TPSA) is 48.0 Å². The van der Waals surface area contributed by atoms with E-state index in [4.69, 9.17) is 25.8 Å². The van der Waals surface area contributed by atoms with Crippen molar-refractivity contribution in [1.82, 2.24) is 0 Å². The normalized spacial score (nSPS) is 10.7. The summed E-state index contributed by atoms with van der Waals surface area (Å²) in [4.78, 5) is 13.6. The summed E-state index contributed by atoms with van der Waals surface area (Å²) < 4.78 is 16.3. The Labute approximate surface area is 167 Å². The lowest BCUT2D eigenvalue weighted by Gasteiger charge is -2.19. The van der Waals surface area contributed by atoms with Crippen LogP contribution in [0, 0.1) is 0 Å². The molecule has 1 amide bonds. The molecule has 2 rings (SSSR count). The number of rotatable bonds is 9. The number of carbonyl (C=O) groups is 1. The Morgan fingerprint density at radius 1 is 1.15 bits per heavy atom. The van der Waals surface area contributed by atoms with Crippen LogP contribution in [0.25, 0.3) is 0 Å². The van der Waals surface area contributed by atoms with E-state index in [0.717, 1.165) is 11.6 Å². The number of carbonyl (C=O) groups excluding carboxylic acids is 1. The van der Waals surface area contributed by atoms with Gasteiger partial charge in [-0.3, -0.25) is 4.90 Å². The van der Waals surface area contributed by atoms with E-state index >= 15 is 0 Å². The van der Waals surface area contributed by atoms with E-state index in [0.29, 0.717) is 23.1 Å². The van der Waals surface area contributed by atoms with Gasteiger partial charge in [-0.1, -0.05) is 55.0 Å². The monoisotopic (exact) mass is 406 g/mol. The largest absolute Gasteiger partial charge is 0.468 e. The molecule has 0 saturated heterocycles. The van der Waals surface area contributed by atoms with Crippen LogP contribution in [0.1, 0.15) is 5.56 Å². The van der Waals surface area contributed by atoms with E-state index in [9.17, 15) is 4.79 Å². The third-order valence-corrected chi connectivity index (χ3v) is 5.32. The second-order valence-electron chi connectivity index (χ2n) is 6.34. The first-order chi connectivity index (χ1) is 13.0. The molecule has 0 atom stereocenters. The van der Waals surface area contributed by atoms with E-state index in [-0.39, 0.29) is 22.2 Å². The number of nitrogens with zero attached hydrogens (tertiary/aromatic N) is 1. The molecular formula is C20H25ClNO4Si. The summed E-state index contributed by atoms with van der Waals surface area (Å²) in [7, 11) is 1.34. The lowest BCUT2D eigenvalue weighted by atomic mass is 10.2. The predicted octanol–water partition coefficient (Wildman–Crippen LogP) is 5.22. The van der Waals surface area contributed by atoms with Crippen LogP contribution in [0.3, 0.4) is 0 Å². The molecule has 0 aromatic heterocycles. The van der Waals surface area contributed by atoms with Gasteiger partial charge in [0, 0.05) is 28.5 Å². The van der Waals surface area contributed by atoms with Crippen LogP contribution in [0.15, 0.2) is 48.5 Å². The summed E-state index contributed by atoms with van der Waals surface area (Å²) in [5, 5.41) is 0.402. The van der Waals surface area contributed by atoms with Gasteiger partial charge in [-0.15, -0.1) is 0 Å². The quantitative estimate of drug-likeness (QED) is 0.325. The number of amides is 1. The molecule has 1 radical (unpaired) electrons. The van der Waals surface area contributed by atoms with Crippen molar-refractivity contribution in [1.29, 1.82) is 0 Å². The Morgan fingerprint density at radius 2 is 1.89 bits per heavy atom. The first-order valence-electron chi connectivity index (χ1n) is 8.71. The molecule has 145 valence electrons. The highest BCUT2D eigenvalue weighted by Gasteiger charge is 2.16. The molecule has 0 heterocycles. The van der Waals surface area contributed by atoms with E-state index < -0.39 is 6.09 Å². The van der Waals surface area contributed by atoms with Crippen molar-refractivity contribution >= 4 is 32.2 Å². The lowest BCUT2D eigenvalue weighted by molar-refractivity contribution is 0.0223. The summed E-state index contributed by atoms with van der Waals surface area (Å²) in [6.07, 6.45) is -0.477. The van der Waals surface area contributed by atoms with Gasteiger partial charge in [-0.2, -0.15) is 0 Å². The minimum atomic E-state index is -0.477. The van der Waals surface area contributed by atoms with Crippen LogP contribution in [0.5, 0.6) is 5.75 Å². The molecule has 0 fully saturated rings. The van der Waals surface area contributed by atoms with Crippen LogP contribution in [0.4, 0.5) is 10.5 Å². The summed E-state index contributed by atoms with van der Waals surface area (Å²) in [6.45, 7) is 5.57. The number of hydrogen-bond acceptors (Lipinski definition) is 4. The maximum atomic E-state index is 12.2.